The predicted molar refractivity (Wildman–Crippen MR) is 99.9 cm³/mol. The van der Waals surface area contributed by atoms with Gasteiger partial charge in [0.2, 0.25) is 0 Å². The third-order valence-corrected chi connectivity index (χ3v) is 3.81. The Balaban J connectivity index is 1.58. The van der Waals surface area contributed by atoms with Crippen molar-refractivity contribution in [1.29, 1.82) is 0 Å². The van der Waals surface area contributed by atoms with Gasteiger partial charge in [0.1, 0.15) is 12.4 Å². The van der Waals surface area contributed by atoms with Crippen molar-refractivity contribution < 1.29 is 19.1 Å². The molecule has 0 atom stereocenters. The lowest BCUT2D eigenvalue weighted by Crippen LogP contribution is -2.13. The van der Waals surface area contributed by atoms with Gasteiger partial charge >= 0.3 is 5.97 Å². The normalized spacial score (nSPS) is 10.3. The third kappa shape index (κ3) is 4.94. The highest BCUT2D eigenvalue weighted by Crippen LogP contribution is 2.18. The second kappa shape index (κ2) is 8.66. The summed E-state index contributed by atoms with van der Waals surface area (Å²) in [4.78, 5) is 23.8. The molecule has 27 heavy (non-hydrogen) atoms. The van der Waals surface area contributed by atoms with Crippen molar-refractivity contribution in [3.05, 3.63) is 78.1 Å². The summed E-state index contributed by atoms with van der Waals surface area (Å²) in [5.74, 6) is -0.0666. The minimum atomic E-state index is -0.443. The quantitative estimate of drug-likeness (QED) is 0.651. The highest BCUT2D eigenvalue weighted by molar-refractivity contribution is 6.04. The number of hydrogen-bond donors (Lipinski definition) is 1. The number of ether oxygens (including phenoxy) is 2. The predicted octanol–water partition coefficient (Wildman–Crippen LogP) is 3.00. The first-order chi connectivity index (χ1) is 13.2. The van der Waals surface area contributed by atoms with Gasteiger partial charge in [-0.05, 0) is 42.5 Å². The standard InChI is InChI=1S/C20H19N3O4/c1-26-20(25)16-8-6-15(7-9-16)19(24)22-17-4-2-5-18(14-17)27-13-12-23-11-3-10-21-23/h2-11,14H,12-13H2,1H3,(H,22,24). The highest BCUT2D eigenvalue weighted by Gasteiger charge is 2.09. The van der Waals surface area contributed by atoms with E-state index in [1.165, 1.54) is 7.11 Å². The maximum absolute atomic E-state index is 12.4. The molecule has 138 valence electrons. The maximum Gasteiger partial charge on any atom is 0.337 e. The van der Waals surface area contributed by atoms with Gasteiger partial charge in [0.25, 0.3) is 5.91 Å². The maximum atomic E-state index is 12.4. The Morgan fingerprint density at radius 1 is 1.07 bits per heavy atom. The summed E-state index contributed by atoms with van der Waals surface area (Å²) in [5, 5.41) is 6.92. The van der Waals surface area contributed by atoms with Crippen LogP contribution in [0.3, 0.4) is 0 Å². The van der Waals surface area contributed by atoms with Crippen LogP contribution in [-0.4, -0.2) is 35.4 Å². The average Bonchev–Trinajstić information content (AvgIpc) is 3.21. The minimum Gasteiger partial charge on any atom is -0.492 e. The van der Waals surface area contributed by atoms with E-state index in [2.05, 4.69) is 15.2 Å². The van der Waals surface area contributed by atoms with Crippen molar-refractivity contribution in [2.75, 3.05) is 19.0 Å². The number of nitrogens with zero attached hydrogens (tertiary/aromatic N) is 2. The first-order valence-corrected chi connectivity index (χ1v) is 8.36. The summed E-state index contributed by atoms with van der Waals surface area (Å²) in [6, 6.07) is 15.3. The van der Waals surface area contributed by atoms with Crippen LogP contribution in [0.1, 0.15) is 20.7 Å². The van der Waals surface area contributed by atoms with E-state index in [-0.39, 0.29) is 5.91 Å². The van der Waals surface area contributed by atoms with E-state index in [0.29, 0.717) is 35.7 Å². The van der Waals surface area contributed by atoms with Gasteiger partial charge in [-0.25, -0.2) is 4.79 Å². The molecule has 0 aliphatic carbocycles. The molecule has 0 fully saturated rings. The molecule has 0 unspecified atom stereocenters. The molecule has 0 aliphatic rings. The molecule has 1 amide bonds. The molecule has 1 N–H and O–H groups in total. The Morgan fingerprint density at radius 3 is 2.56 bits per heavy atom. The smallest absolute Gasteiger partial charge is 0.337 e. The summed E-state index contributed by atoms with van der Waals surface area (Å²) in [6.07, 6.45) is 3.58. The topological polar surface area (TPSA) is 82.5 Å². The van der Waals surface area contributed by atoms with Crippen molar-refractivity contribution in [2.45, 2.75) is 6.54 Å². The van der Waals surface area contributed by atoms with Crippen LogP contribution in [0.2, 0.25) is 0 Å². The Morgan fingerprint density at radius 2 is 1.85 bits per heavy atom. The van der Waals surface area contributed by atoms with E-state index in [1.807, 2.05) is 18.3 Å². The fourth-order valence-corrected chi connectivity index (χ4v) is 2.43. The average molecular weight is 365 g/mol. The summed E-state index contributed by atoms with van der Waals surface area (Å²) >= 11 is 0. The molecular formula is C20H19N3O4. The van der Waals surface area contributed by atoms with E-state index in [9.17, 15) is 9.59 Å². The van der Waals surface area contributed by atoms with Crippen LogP contribution in [0, 0.1) is 0 Å². The lowest BCUT2D eigenvalue weighted by atomic mass is 10.1. The molecule has 2 aromatic carbocycles. The van der Waals surface area contributed by atoms with Gasteiger partial charge in [-0.1, -0.05) is 6.07 Å². The number of rotatable bonds is 7. The van der Waals surface area contributed by atoms with Crippen LogP contribution in [0.15, 0.2) is 67.0 Å². The lowest BCUT2D eigenvalue weighted by Gasteiger charge is -2.10. The van der Waals surface area contributed by atoms with Crippen LogP contribution in [-0.2, 0) is 11.3 Å². The van der Waals surface area contributed by atoms with Crippen molar-refractivity contribution in [3.63, 3.8) is 0 Å². The van der Waals surface area contributed by atoms with Gasteiger partial charge < -0.3 is 14.8 Å². The van der Waals surface area contributed by atoms with Crippen LogP contribution in [0.5, 0.6) is 5.75 Å². The molecular weight excluding hydrogens is 346 g/mol. The molecule has 3 aromatic rings. The van der Waals surface area contributed by atoms with Crippen LogP contribution in [0.4, 0.5) is 5.69 Å². The SMILES string of the molecule is COC(=O)c1ccc(C(=O)Nc2cccc(OCCn3cccn3)c2)cc1. The number of anilines is 1. The molecule has 3 rings (SSSR count). The minimum absolute atomic E-state index is 0.278. The zero-order chi connectivity index (χ0) is 19.1. The van der Waals surface area contributed by atoms with Crippen molar-refractivity contribution in [2.24, 2.45) is 0 Å². The van der Waals surface area contributed by atoms with E-state index in [4.69, 9.17) is 4.74 Å². The Labute approximate surface area is 156 Å². The molecule has 7 nitrogen and oxygen atoms in total. The monoisotopic (exact) mass is 365 g/mol. The van der Waals surface area contributed by atoms with Gasteiger partial charge in [0.15, 0.2) is 0 Å². The molecule has 0 spiro atoms. The Kier molecular flexibility index (Phi) is 5.84. The summed E-state index contributed by atoms with van der Waals surface area (Å²) in [5.41, 5.74) is 1.45. The first-order valence-electron chi connectivity index (χ1n) is 8.36. The van der Waals surface area contributed by atoms with Crippen molar-refractivity contribution in [3.8, 4) is 5.75 Å². The van der Waals surface area contributed by atoms with Gasteiger partial charge in [0, 0.05) is 29.7 Å². The molecule has 0 saturated heterocycles. The fraction of sp³-hybridized carbons (Fsp3) is 0.150. The molecule has 7 heteroatoms. The van der Waals surface area contributed by atoms with Crippen LogP contribution < -0.4 is 10.1 Å². The van der Waals surface area contributed by atoms with Crippen molar-refractivity contribution >= 4 is 17.6 Å². The zero-order valence-electron chi connectivity index (χ0n) is 14.8. The highest BCUT2D eigenvalue weighted by atomic mass is 16.5. The number of carbonyl (C=O) groups excluding carboxylic acids is 2. The summed E-state index contributed by atoms with van der Waals surface area (Å²) in [6.45, 7) is 1.10. The molecule has 1 heterocycles. The van der Waals surface area contributed by atoms with Crippen LogP contribution >= 0.6 is 0 Å². The van der Waals surface area contributed by atoms with E-state index >= 15 is 0 Å². The number of amides is 1. The number of benzene rings is 2. The number of methoxy groups -OCH3 is 1. The molecule has 1 aromatic heterocycles. The summed E-state index contributed by atoms with van der Waals surface area (Å²) in [7, 11) is 1.31. The van der Waals surface area contributed by atoms with E-state index in [0.717, 1.165) is 0 Å². The van der Waals surface area contributed by atoms with E-state index in [1.54, 1.807) is 53.3 Å². The number of hydrogen-bond acceptors (Lipinski definition) is 5. The second-order valence-electron chi connectivity index (χ2n) is 5.67. The second-order valence-corrected chi connectivity index (χ2v) is 5.67. The largest absolute Gasteiger partial charge is 0.492 e. The number of aromatic nitrogens is 2. The fourth-order valence-electron chi connectivity index (χ4n) is 2.43. The molecule has 0 radical (unpaired) electrons. The Hall–Kier alpha value is -3.61. The van der Waals surface area contributed by atoms with Gasteiger partial charge in [0.05, 0.1) is 19.2 Å². The lowest BCUT2D eigenvalue weighted by molar-refractivity contribution is 0.0600. The molecule has 0 bridgehead atoms. The van der Waals surface area contributed by atoms with Gasteiger partial charge in [-0.15, -0.1) is 0 Å². The Bertz CT molecular complexity index is 905. The first kappa shape index (κ1) is 18.2. The van der Waals surface area contributed by atoms with Crippen molar-refractivity contribution in [1.82, 2.24) is 9.78 Å². The number of carbonyl (C=O) groups is 2. The summed E-state index contributed by atoms with van der Waals surface area (Å²) < 4.78 is 12.1. The molecule has 0 aliphatic heterocycles. The van der Waals surface area contributed by atoms with Crippen LogP contribution in [0.25, 0.3) is 0 Å². The number of nitrogens with one attached hydrogen (secondary N) is 1. The molecule has 0 saturated carbocycles. The number of esters is 1. The zero-order valence-corrected chi connectivity index (χ0v) is 14.8. The van der Waals surface area contributed by atoms with Gasteiger partial charge in [-0.3, -0.25) is 9.48 Å². The van der Waals surface area contributed by atoms with Gasteiger partial charge in [-0.2, -0.15) is 5.10 Å². The third-order valence-electron chi connectivity index (χ3n) is 3.81. The van der Waals surface area contributed by atoms with E-state index < -0.39 is 5.97 Å².